The van der Waals surface area contributed by atoms with Crippen molar-refractivity contribution in [2.45, 2.75) is 19.3 Å². The summed E-state index contributed by atoms with van der Waals surface area (Å²) in [6, 6.07) is 18.7. The van der Waals surface area contributed by atoms with Crippen LogP contribution in [0, 0.1) is 0 Å². The van der Waals surface area contributed by atoms with Crippen molar-refractivity contribution >= 4 is 5.69 Å². The van der Waals surface area contributed by atoms with E-state index in [1.54, 1.807) is 0 Å². The molecule has 0 aliphatic heterocycles. The van der Waals surface area contributed by atoms with Crippen molar-refractivity contribution in [3.8, 4) is 0 Å². The van der Waals surface area contributed by atoms with Gasteiger partial charge in [0, 0.05) is 5.69 Å². The third-order valence-corrected chi connectivity index (χ3v) is 2.89. The lowest BCUT2D eigenvalue weighted by atomic mass is 9.94. The second-order valence-corrected chi connectivity index (χ2v) is 4.26. The highest BCUT2D eigenvalue weighted by Gasteiger charge is 2.05. The van der Waals surface area contributed by atoms with E-state index >= 15 is 0 Å². The average molecular weight is 211 g/mol. The van der Waals surface area contributed by atoms with Crippen LogP contribution in [0.1, 0.15) is 24.0 Å². The van der Waals surface area contributed by atoms with Crippen molar-refractivity contribution in [3.05, 3.63) is 65.7 Å². The number of benzene rings is 2. The summed E-state index contributed by atoms with van der Waals surface area (Å²) in [7, 11) is 0. The maximum absolute atomic E-state index is 5.67. The van der Waals surface area contributed by atoms with Gasteiger partial charge in [0.05, 0.1) is 0 Å². The molecule has 1 heteroatoms. The molecule has 1 unspecified atom stereocenters. The minimum absolute atomic E-state index is 0.546. The van der Waals surface area contributed by atoms with E-state index < -0.39 is 0 Å². The van der Waals surface area contributed by atoms with Crippen molar-refractivity contribution < 1.29 is 0 Å². The molecule has 1 atom stereocenters. The fourth-order valence-corrected chi connectivity index (χ4v) is 1.91. The zero-order valence-electron chi connectivity index (χ0n) is 9.56. The molecule has 0 aromatic heterocycles. The van der Waals surface area contributed by atoms with Crippen LogP contribution in [0.5, 0.6) is 0 Å². The summed E-state index contributed by atoms with van der Waals surface area (Å²) in [4.78, 5) is 0. The van der Waals surface area contributed by atoms with E-state index in [2.05, 4.69) is 49.4 Å². The predicted molar refractivity (Wildman–Crippen MR) is 69.4 cm³/mol. The van der Waals surface area contributed by atoms with Gasteiger partial charge >= 0.3 is 0 Å². The molecule has 2 aromatic carbocycles. The van der Waals surface area contributed by atoms with Crippen molar-refractivity contribution in [2.24, 2.45) is 0 Å². The molecule has 0 saturated heterocycles. The van der Waals surface area contributed by atoms with Gasteiger partial charge in [-0.15, -0.1) is 0 Å². The van der Waals surface area contributed by atoms with Crippen molar-refractivity contribution in [3.63, 3.8) is 0 Å². The number of hydrogen-bond donors (Lipinski definition) is 1. The number of nitrogens with two attached hydrogens (primary N) is 1. The molecule has 0 saturated carbocycles. The van der Waals surface area contributed by atoms with Crippen LogP contribution < -0.4 is 5.73 Å². The smallest absolute Gasteiger partial charge is 0.0314 e. The lowest BCUT2D eigenvalue weighted by Crippen LogP contribution is -1.98. The molecule has 82 valence electrons. The summed E-state index contributed by atoms with van der Waals surface area (Å²) in [5, 5.41) is 0. The summed E-state index contributed by atoms with van der Waals surface area (Å²) in [6.07, 6.45) is 1.06. The average Bonchev–Trinajstić information content (AvgIpc) is 2.33. The van der Waals surface area contributed by atoms with E-state index in [4.69, 9.17) is 5.73 Å². The maximum Gasteiger partial charge on any atom is 0.0314 e. The molecule has 1 nitrogen and oxygen atoms in total. The normalized spacial score (nSPS) is 12.3. The Morgan fingerprint density at radius 3 is 2.19 bits per heavy atom. The number of rotatable bonds is 3. The van der Waals surface area contributed by atoms with Gasteiger partial charge in [-0.25, -0.2) is 0 Å². The lowest BCUT2D eigenvalue weighted by Gasteiger charge is -2.11. The van der Waals surface area contributed by atoms with Gasteiger partial charge in [-0.2, -0.15) is 0 Å². The van der Waals surface area contributed by atoms with Crippen LogP contribution in [-0.4, -0.2) is 0 Å². The number of hydrogen-bond acceptors (Lipinski definition) is 1. The highest BCUT2D eigenvalue weighted by Crippen LogP contribution is 2.20. The fourth-order valence-electron chi connectivity index (χ4n) is 1.91. The molecule has 2 rings (SSSR count). The first-order valence-corrected chi connectivity index (χ1v) is 5.65. The Morgan fingerprint density at radius 1 is 0.938 bits per heavy atom. The first-order valence-electron chi connectivity index (χ1n) is 5.65. The van der Waals surface area contributed by atoms with Crippen molar-refractivity contribution in [1.29, 1.82) is 0 Å². The molecule has 0 aliphatic rings. The number of anilines is 1. The molecular weight excluding hydrogens is 194 g/mol. The summed E-state index contributed by atoms with van der Waals surface area (Å²) in [6.45, 7) is 2.26. The molecule has 0 radical (unpaired) electrons. The predicted octanol–water partition coefficient (Wildman–Crippen LogP) is 3.62. The highest BCUT2D eigenvalue weighted by molar-refractivity contribution is 5.39. The van der Waals surface area contributed by atoms with E-state index in [0.29, 0.717) is 5.92 Å². The Labute approximate surface area is 96.9 Å². The third-order valence-electron chi connectivity index (χ3n) is 2.89. The van der Waals surface area contributed by atoms with Gasteiger partial charge < -0.3 is 5.73 Å². The van der Waals surface area contributed by atoms with E-state index in [9.17, 15) is 0 Å². The Morgan fingerprint density at radius 2 is 1.56 bits per heavy atom. The summed E-state index contributed by atoms with van der Waals surface area (Å²) >= 11 is 0. The van der Waals surface area contributed by atoms with Gasteiger partial charge in [0.2, 0.25) is 0 Å². The molecular formula is C15H17N. The SMILES string of the molecule is CC(Cc1ccc(N)cc1)c1ccccc1. The standard InChI is InChI=1S/C15H17N/c1-12(14-5-3-2-4-6-14)11-13-7-9-15(16)10-8-13/h2-10,12H,11,16H2,1H3. The molecule has 2 N–H and O–H groups in total. The largest absolute Gasteiger partial charge is 0.399 e. The third kappa shape index (κ3) is 2.63. The molecule has 2 aromatic rings. The molecule has 0 amide bonds. The first kappa shape index (κ1) is 10.7. The number of nitrogen functional groups attached to an aromatic ring is 1. The van der Waals surface area contributed by atoms with Gasteiger partial charge in [-0.05, 0) is 35.6 Å². The maximum atomic E-state index is 5.67. The van der Waals surface area contributed by atoms with Gasteiger partial charge in [0.15, 0.2) is 0 Å². The second kappa shape index (κ2) is 4.84. The van der Waals surface area contributed by atoms with E-state index in [-0.39, 0.29) is 0 Å². The molecule has 16 heavy (non-hydrogen) atoms. The molecule has 0 aliphatic carbocycles. The molecule has 0 heterocycles. The lowest BCUT2D eigenvalue weighted by molar-refractivity contribution is 0.759. The van der Waals surface area contributed by atoms with Crippen LogP contribution in [0.4, 0.5) is 5.69 Å². The molecule has 0 bridgehead atoms. The van der Waals surface area contributed by atoms with Gasteiger partial charge in [-0.3, -0.25) is 0 Å². The summed E-state index contributed by atoms with van der Waals surface area (Å²) in [5.41, 5.74) is 9.23. The van der Waals surface area contributed by atoms with Gasteiger partial charge in [-0.1, -0.05) is 49.4 Å². The minimum atomic E-state index is 0.546. The molecule has 0 spiro atoms. The Hall–Kier alpha value is -1.76. The van der Waals surface area contributed by atoms with Gasteiger partial charge in [0.1, 0.15) is 0 Å². The molecule has 0 fully saturated rings. The first-order chi connectivity index (χ1) is 7.75. The van der Waals surface area contributed by atoms with E-state index in [0.717, 1.165) is 12.1 Å². The Bertz CT molecular complexity index is 431. The van der Waals surface area contributed by atoms with Gasteiger partial charge in [0.25, 0.3) is 0 Å². The van der Waals surface area contributed by atoms with Crippen LogP contribution in [0.3, 0.4) is 0 Å². The Kier molecular flexibility index (Phi) is 3.25. The zero-order chi connectivity index (χ0) is 11.4. The summed E-state index contributed by atoms with van der Waals surface area (Å²) < 4.78 is 0. The minimum Gasteiger partial charge on any atom is -0.399 e. The van der Waals surface area contributed by atoms with Crippen molar-refractivity contribution in [2.75, 3.05) is 5.73 Å². The topological polar surface area (TPSA) is 26.0 Å². The van der Waals surface area contributed by atoms with Crippen LogP contribution in [0.15, 0.2) is 54.6 Å². The van der Waals surface area contributed by atoms with Crippen molar-refractivity contribution in [1.82, 2.24) is 0 Å². The second-order valence-electron chi connectivity index (χ2n) is 4.26. The van der Waals surface area contributed by atoms with E-state index in [1.807, 2.05) is 12.1 Å². The van der Waals surface area contributed by atoms with Crippen LogP contribution >= 0.6 is 0 Å². The summed E-state index contributed by atoms with van der Waals surface area (Å²) in [5.74, 6) is 0.546. The monoisotopic (exact) mass is 211 g/mol. The quantitative estimate of drug-likeness (QED) is 0.771. The van der Waals surface area contributed by atoms with Crippen LogP contribution in [-0.2, 0) is 6.42 Å². The Balaban J connectivity index is 2.08. The van der Waals surface area contributed by atoms with E-state index in [1.165, 1.54) is 11.1 Å². The highest BCUT2D eigenvalue weighted by atomic mass is 14.5. The van der Waals surface area contributed by atoms with Crippen LogP contribution in [0.25, 0.3) is 0 Å². The van der Waals surface area contributed by atoms with Crippen LogP contribution in [0.2, 0.25) is 0 Å². The zero-order valence-corrected chi connectivity index (χ0v) is 9.56. The fraction of sp³-hybridized carbons (Fsp3) is 0.200.